The molecule has 4 unspecified atom stereocenters. The van der Waals surface area contributed by atoms with Crippen LogP contribution in [-0.4, -0.2) is 192 Å². The SMILES string of the molecule is CN(C)C(=O)[C@@H](NC(=O)CNC(=O)C(=O)C(CC1CC1)NC(=O)[C@@H]1[C@@H]2C(CN1C(=O)[C@@H](N)C(C)(C)C)C2(C)C)c1ccccc1.CN(C)C(=O)[C@@H](NC(=O)CNC(=O)C(=O)C(CC1CC1)NC(=O)[C@@H]1[C@@H]2C(CN1C(=O)[C@@H](NC(=O)NC(C)(C)C)C(C)(C)C)C2(C)C)c1ccccc1.Cl. The Morgan fingerprint density at radius 1 is 0.520 bits per heavy atom. The lowest BCUT2D eigenvalue weighted by atomic mass is 9.85. The summed E-state index contributed by atoms with van der Waals surface area (Å²) in [5, 5.41) is 21.3. The van der Waals surface area contributed by atoms with Gasteiger partial charge in [0.15, 0.2) is 0 Å². The number of benzene rings is 2. The van der Waals surface area contributed by atoms with Gasteiger partial charge in [0.2, 0.25) is 58.8 Å². The van der Waals surface area contributed by atoms with E-state index in [0.29, 0.717) is 24.2 Å². The van der Waals surface area contributed by atoms with Gasteiger partial charge >= 0.3 is 6.03 Å². The first kappa shape index (κ1) is 79.0. The summed E-state index contributed by atoms with van der Waals surface area (Å²) in [6.07, 6.45) is 4.01. The normalized spacial score (nSPS) is 22.6. The first-order valence-corrected chi connectivity index (χ1v) is 33.8. The van der Waals surface area contributed by atoms with Crippen LogP contribution in [0.2, 0.25) is 0 Å². The van der Waals surface area contributed by atoms with Crippen LogP contribution in [0.15, 0.2) is 60.7 Å². The minimum Gasteiger partial charge on any atom is -0.347 e. The van der Waals surface area contributed by atoms with E-state index in [1.807, 2.05) is 76.2 Å². The smallest absolute Gasteiger partial charge is 0.315 e. The second-order valence-corrected chi connectivity index (χ2v) is 32.1. The van der Waals surface area contributed by atoms with Crippen molar-refractivity contribution in [3.05, 3.63) is 71.8 Å². The fraction of sp³-hybridized carbons (Fsp3) is 0.648. The van der Waals surface area contributed by atoms with Crippen molar-refractivity contribution < 1.29 is 62.3 Å². The van der Waals surface area contributed by atoms with Gasteiger partial charge in [-0.25, -0.2) is 4.79 Å². The van der Waals surface area contributed by atoms with E-state index in [2.05, 4.69) is 56.4 Å². The average Bonchev–Trinajstić information content (AvgIpc) is 1.53. The molecule has 4 saturated carbocycles. The van der Waals surface area contributed by atoms with E-state index in [4.69, 9.17) is 5.73 Å². The van der Waals surface area contributed by atoms with Crippen LogP contribution in [0.3, 0.4) is 0 Å². The number of nitrogens with zero attached hydrogens (tertiary/aromatic N) is 4. The summed E-state index contributed by atoms with van der Waals surface area (Å²) in [5.41, 5.74) is 5.33. The van der Waals surface area contributed by atoms with Crippen molar-refractivity contribution in [3.8, 4) is 0 Å². The van der Waals surface area contributed by atoms with Crippen LogP contribution >= 0.6 is 12.4 Å². The summed E-state index contributed by atoms with van der Waals surface area (Å²) >= 11 is 0. The Bertz CT molecular complexity index is 3340. The molecule has 6 aliphatic rings. The zero-order chi connectivity index (χ0) is 72.4. The van der Waals surface area contributed by atoms with E-state index in [1.165, 1.54) is 14.7 Å². The quantitative estimate of drug-likeness (QED) is 0.0646. The molecule has 2 heterocycles. The summed E-state index contributed by atoms with van der Waals surface area (Å²) in [4.78, 5) is 179. The van der Waals surface area contributed by atoms with Crippen molar-refractivity contribution in [2.24, 2.45) is 62.9 Å². The third-order valence-corrected chi connectivity index (χ3v) is 19.9. The van der Waals surface area contributed by atoms with Crippen LogP contribution in [-0.2, 0) is 57.5 Å². The Labute approximate surface area is 582 Å². The predicted molar refractivity (Wildman–Crippen MR) is 368 cm³/mol. The molecule has 10 N–H and O–H groups in total. The molecule has 0 spiro atoms. The molecular weight excluding hydrogens is 1280 g/mol. The summed E-state index contributed by atoms with van der Waals surface area (Å²) < 4.78 is 0. The number of carbonyl (C=O) groups excluding carboxylic acids is 13. The standard InChI is InChI=1S/C38H57N7O7.C33H48N6O6.ClH/c1-36(2,3)30(42-35(52)43-37(4,5)6)34(51)45-20-23-26(38(23,7)8)28(45)31(48)40-24(18-21-16-17-21)29(47)32(49)39-19-25(46)41-27(33(50)44(9)10)22-14-12-11-13-15-22;1-32(2,3)27(34)31(45)39-17-20-23(33(20,4)5)25(39)28(42)36-21(15-18-13-14-18)26(41)29(43)35-16-22(40)37-24(30(44)38(6)7)19-11-9-8-10-12-19;/h11-15,21,23-24,26-28,30H,16-20H2,1-10H3,(H,39,49)(H,40,48)(H,41,46)(H2,42,43,52);8-12,18,20-21,23-25,27H,13-17,34H2,1-7H3,(H,35,43)(H,36,42)(H,37,40);1H/t23?,24?,26-,27-,28-,30+;20?,21?,23-,24-,25-,27+;/m00./s1. The monoisotopic (exact) mass is 1380 g/mol. The van der Waals surface area contributed by atoms with Gasteiger partial charge in [-0.1, -0.05) is 156 Å². The van der Waals surface area contributed by atoms with Crippen molar-refractivity contribution >= 4 is 89.1 Å². The highest BCUT2D eigenvalue weighted by molar-refractivity contribution is 6.39. The highest BCUT2D eigenvalue weighted by Crippen LogP contribution is 2.66. The van der Waals surface area contributed by atoms with E-state index >= 15 is 0 Å². The molecule has 12 amide bonds. The Hall–Kier alpha value is -8.00. The Morgan fingerprint density at radius 3 is 1.19 bits per heavy atom. The van der Waals surface area contributed by atoms with Gasteiger partial charge in [0.1, 0.15) is 30.2 Å². The molecule has 98 heavy (non-hydrogen) atoms. The Morgan fingerprint density at radius 2 is 0.878 bits per heavy atom. The molecule has 4 aliphatic carbocycles. The van der Waals surface area contributed by atoms with Crippen molar-refractivity contribution in [1.82, 2.24) is 62.1 Å². The number of rotatable bonds is 25. The molecule has 2 aromatic carbocycles. The number of likely N-dealkylation sites (tertiary alicyclic amines) is 2. The van der Waals surface area contributed by atoms with Crippen LogP contribution in [0.25, 0.3) is 0 Å². The predicted octanol–water partition coefficient (Wildman–Crippen LogP) is 3.08. The zero-order valence-electron chi connectivity index (χ0n) is 60.0. The third kappa shape index (κ3) is 19.5. The Kier molecular flexibility index (Phi) is 25.0. The van der Waals surface area contributed by atoms with Crippen molar-refractivity contribution in [2.45, 2.75) is 182 Å². The van der Waals surface area contributed by atoms with Gasteiger partial charge in [-0.2, -0.15) is 0 Å². The highest BCUT2D eigenvalue weighted by atomic mass is 35.5. The fourth-order valence-corrected chi connectivity index (χ4v) is 13.5. The molecule has 0 aromatic heterocycles. The molecular formula is C71H106ClN13O13. The van der Waals surface area contributed by atoms with Crippen molar-refractivity contribution in [3.63, 3.8) is 0 Å². The lowest BCUT2D eigenvalue weighted by molar-refractivity contribution is -0.145. The largest absolute Gasteiger partial charge is 0.347 e. The van der Waals surface area contributed by atoms with Crippen LogP contribution in [0.1, 0.15) is 152 Å². The van der Waals surface area contributed by atoms with Gasteiger partial charge in [0, 0.05) is 46.8 Å². The van der Waals surface area contributed by atoms with E-state index in [-0.39, 0.29) is 89.3 Å². The summed E-state index contributed by atoms with van der Waals surface area (Å²) in [7, 11) is 6.28. The van der Waals surface area contributed by atoms with Gasteiger partial charge in [-0.15, -0.1) is 12.4 Å². The molecule has 12 atom stereocenters. The van der Waals surface area contributed by atoms with Crippen LogP contribution in [0.4, 0.5) is 4.79 Å². The van der Waals surface area contributed by atoms with Gasteiger partial charge < -0.3 is 67.9 Å². The molecule has 0 radical (unpaired) electrons. The van der Waals surface area contributed by atoms with Crippen LogP contribution in [0, 0.1) is 57.2 Å². The maximum Gasteiger partial charge on any atom is 0.315 e. The molecule has 2 aromatic rings. The number of hydrogen-bond acceptors (Lipinski definition) is 14. The average molecular weight is 1390 g/mol. The molecule has 27 heteroatoms. The third-order valence-electron chi connectivity index (χ3n) is 19.9. The Balaban J connectivity index is 0.000000309. The van der Waals surface area contributed by atoms with Crippen LogP contribution in [0.5, 0.6) is 0 Å². The highest BCUT2D eigenvalue weighted by Gasteiger charge is 2.71. The number of ketones is 2. The van der Waals surface area contributed by atoms with Gasteiger partial charge in [0.25, 0.3) is 11.8 Å². The number of amides is 12. The maximum atomic E-state index is 14.2. The number of piperidine rings is 2. The molecule has 8 rings (SSSR count). The van der Waals surface area contributed by atoms with Gasteiger partial charge in [0.05, 0.1) is 31.2 Å². The summed E-state index contributed by atoms with van der Waals surface area (Å²) in [5.74, 6) is -7.27. The molecule has 2 saturated heterocycles. The van der Waals surface area contributed by atoms with Gasteiger partial charge in [-0.3, -0.25) is 57.5 Å². The minimum atomic E-state index is -1.16. The second kappa shape index (κ2) is 31.0. The number of likely N-dealkylation sites (N-methyl/N-ethyl adjacent to an activating group) is 2. The number of halogens is 1. The zero-order valence-corrected chi connectivity index (χ0v) is 60.8. The number of nitrogens with two attached hydrogens (primary N) is 1. The lowest BCUT2D eigenvalue weighted by Crippen LogP contribution is -2.62. The maximum absolute atomic E-state index is 14.2. The first-order chi connectivity index (χ1) is 45.0. The van der Waals surface area contributed by atoms with E-state index < -0.39 is 137 Å². The number of urea groups is 1. The fourth-order valence-electron chi connectivity index (χ4n) is 13.5. The minimum absolute atomic E-state index is 0. The first-order valence-electron chi connectivity index (χ1n) is 33.8. The molecule has 540 valence electrons. The van der Waals surface area contributed by atoms with Crippen molar-refractivity contribution in [2.75, 3.05) is 54.4 Å². The number of Topliss-reactive ketones (excluding diaryl/α,β-unsaturated/α-hetero) is 2. The van der Waals surface area contributed by atoms with Crippen molar-refractivity contribution in [1.29, 1.82) is 0 Å². The summed E-state index contributed by atoms with van der Waals surface area (Å²) in [6, 6.07) is 9.19. The number of nitrogens with one attached hydrogen (secondary N) is 8. The lowest BCUT2D eigenvalue weighted by Gasteiger charge is -2.38. The summed E-state index contributed by atoms with van der Waals surface area (Å²) in [6.45, 7) is 24.5. The second-order valence-electron chi connectivity index (χ2n) is 32.1. The van der Waals surface area contributed by atoms with Gasteiger partial charge in [-0.05, 0) is 102 Å². The van der Waals surface area contributed by atoms with E-state index in [0.717, 1.165) is 25.7 Å². The number of hydrogen-bond donors (Lipinski definition) is 9. The topological polar surface area (TPSA) is 357 Å². The van der Waals surface area contributed by atoms with E-state index in [1.54, 1.807) is 93.8 Å². The molecule has 6 fully saturated rings. The molecule has 0 bridgehead atoms. The molecule has 2 aliphatic heterocycles. The number of fused-ring (bicyclic) bond motifs is 2. The molecule has 26 nitrogen and oxygen atoms in total. The number of carbonyl (C=O) groups is 13. The van der Waals surface area contributed by atoms with Crippen LogP contribution < -0.4 is 48.3 Å². The van der Waals surface area contributed by atoms with E-state index in [9.17, 15) is 62.3 Å².